The van der Waals surface area contributed by atoms with E-state index in [4.69, 9.17) is 21.1 Å². The van der Waals surface area contributed by atoms with Crippen LogP contribution in [0.3, 0.4) is 0 Å². The Balaban J connectivity index is 2.71. The molecular formula is C10H9ClO3S. The number of esters is 1. The summed E-state index contributed by atoms with van der Waals surface area (Å²) in [5.74, 6) is 0.126. The molecule has 0 radical (unpaired) electrons. The minimum absolute atomic E-state index is 0.0844. The van der Waals surface area contributed by atoms with Crippen LogP contribution in [0.1, 0.15) is 17.3 Å². The van der Waals surface area contributed by atoms with Crippen LogP contribution >= 0.6 is 23.8 Å². The van der Waals surface area contributed by atoms with Crippen LogP contribution in [0.4, 0.5) is 0 Å². The van der Waals surface area contributed by atoms with Gasteiger partial charge in [0.15, 0.2) is 0 Å². The van der Waals surface area contributed by atoms with Gasteiger partial charge in [-0.2, -0.15) is 0 Å². The maximum atomic E-state index is 11.3. The molecule has 0 aliphatic rings. The Morgan fingerprint density at radius 3 is 2.47 bits per heavy atom. The number of hydrogen-bond donors (Lipinski definition) is 0. The molecular weight excluding hydrogens is 236 g/mol. The smallest absolute Gasteiger partial charge is 0.338 e. The second-order valence-corrected chi connectivity index (χ2v) is 3.52. The van der Waals surface area contributed by atoms with Crippen LogP contribution in [0.25, 0.3) is 0 Å². The van der Waals surface area contributed by atoms with Gasteiger partial charge in [0.05, 0.1) is 12.2 Å². The van der Waals surface area contributed by atoms with Crippen LogP contribution < -0.4 is 4.74 Å². The number of benzene rings is 1. The number of hydrogen-bond acceptors (Lipinski definition) is 4. The number of carbonyl (C=O) groups excluding carboxylic acids is 1. The van der Waals surface area contributed by atoms with Crippen molar-refractivity contribution in [2.75, 3.05) is 6.61 Å². The van der Waals surface area contributed by atoms with Gasteiger partial charge in [-0.1, -0.05) is 0 Å². The van der Waals surface area contributed by atoms with Gasteiger partial charge in [0.2, 0.25) is 0 Å². The quantitative estimate of drug-likeness (QED) is 0.465. The Bertz CT molecular complexity index is 361. The Kier molecular flexibility index (Phi) is 4.52. The molecule has 0 bridgehead atoms. The van der Waals surface area contributed by atoms with E-state index in [1.807, 2.05) is 0 Å². The van der Waals surface area contributed by atoms with Crippen LogP contribution in [0.5, 0.6) is 5.75 Å². The van der Waals surface area contributed by atoms with E-state index in [0.717, 1.165) is 0 Å². The van der Waals surface area contributed by atoms with Gasteiger partial charge in [0.1, 0.15) is 5.75 Å². The molecule has 0 aromatic heterocycles. The van der Waals surface area contributed by atoms with E-state index < -0.39 is 0 Å². The van der Waals surface area contributed by atoms with E-state index >= 15 is 0 Å². The summed E-state index contributed by atoms with van der Waals surface area (Å²) in [6.45, 7) is 2.10. The third-order valence-corrected chi connectivity index (χ3v) is 1.72. The maximum Gasteiger partial charge on any atom is 0.338 e. The first kappa shape index (κ1) is 11.9. The molecule has 1 aromatic rings. The van der Waals surface area contributed by atoms with E-state index in [2.05, 4.69) is 12.2 Å². The summed E-state index contributed by atoms with van der Waals surface area (Å²) >= 11 is 9.94. The summed E-state index contributed by atoms with van der Waals surface area (Å²) in [5, 5.41) is 0. The monoisotopic (exact) mass is 244 g/mol. The van der Waals surface area contributed by atoms with Crippen molar-refractivity contribution >= 4 is 34.3 Å². The number of carbonyl (C=O) groups is 1. The summed E-state index contributed by atoms with van der Waals surface area (Å²) in [7, 11) is 0. The fraction of sp³-hybridized carbons (Fsp3) is 0.200. The first-order valence-corrected chi connectivity index (χ1v) is 5.06. The van der Waals surface area contributed by atoms with Gasteiger partial charge in [-0.25, -0.2) is 4.79 Å². The zero-order valence-electron chi connectivity index (χ0n) is 8.03. The number of rotatable bonds is 3. The molecule has 0 N–H and O–H groups in total. The highest BCUT2D eigenvalue weighted by molar-refractivity contribution is 7.82. The lowest BCUT2D eigenvalue weighted by atomic mass is 10.2. The molecule has 0 amide bonds. The summed E-state index contributed by atoms with van der Waals surface area (Å²) < 4.78 is 9.69. The lowest BCUT2D eigenvalue weighted by Crippen LogP contribution is -2.04. The van der Waals surface area contributed by atoms with E-state index in [9.17, 15) is 4.79 Å². The summed E-state index contributed by atoms with van der Waals surface area (Å²) in [6.07, 6.45) is 0. The minimum atomic E-state index is -0.363. The molecule has 0 unspecified atom stereocenters. The highest BCUT2D eigenvalue weighted by Crippen LogP contribution is 2.14. The van der Waals surface area contributed by atoms with Crippen molar-refractivity contribution in [3.05, 3.63) is 29.8 Å². The molecule has 0 saturated carbocycles. The van der Waals surface area contributed by atoms with E-state index in [1.54, 1.807) is 31.2 Å². The molecule has 5 heteroatoms. The van der Waals surface area contributed by atoms with Crippen LogP contribution in [-0.4, -0.2) is 17.1 Å². The molecule has 0 spiro atoms. The second kappa shape index (κ2) is 5.68. The normalized spacial score (nSPS) is 9.47. The Labute approximate surface area is 97.9 Å². The van der Waals surface area contributed by atoms with E-state index in [1.165, 1.54) is 0 Å². The van der Waals surface area contributed by atoms with Crippen molar-refractivity contribution in [3.8, 4) is 5.75 Å². The molecule has 0 aliphatic heterocycles. The molecule has 0 saturated heterocycles. The van der Waals surface area contributed by atoms with Crippen molar-refractivity contribution in [2.45, 2.75) is 6.92 Å². The van der Waals surface area contributed by atoms with Gasteiger partial charge in [-0.05, 0) is 55.0 Å². The predicted octanol–water partition coefficient (Wildman–Crippen LogP) is 2.77. The van der Waals surface area contributed by atoms with Crippen LogP contribution in [0.2, 0.25) is 0 Å². The average Bonchev–Trinajstić information content (AvgIpc) is 2.18. The lowest BCUT2D eigenvalue weighted by Gasteiger charge is -2.03. The van der Waals surface area contributed by atoms with Crippen LogP contribution in [0, 0.1) is 0 Å². The van der Waals surface area contributed by atoms with Crippen molar-refractivity contribution in [1.82, 2.24) is 0 Å². The zero-order chi connectivity index (χ0) is 11.3. The number of halogens is 1. The van der Waals surface area contributed by atoms with Gasteiger partial charge in [0, 0.05) is 0 Å². The van der Waals surface area contributed by atoms with Gasteiger partial charge in [0.25, 0.3) is 4.51 Å². The molecule has 0 fully saturated rings. The second-order valence-electron chi connectivity index (χ2n) is 2.58. The molecule has 1 rings (SSSR count). The van der Waals surface area contributed by atoms with Crippen molar-refractivity contribution in [3.63, 3.8) is 0 Å². The highest BCUT2D eigenvalue weighted by atomic mass is 35.5. The van der Waals surface area contributed by atoms with Crippen molar-refractivity contribution in [2.24, 2.45) is 0 Å². The Morgan fingerprint density at radius 2 is 2.00 bits per heavy atom. The molecule has 1 aromatic carbocycles. The molecule has 80 valence electrons. The first-order valence-electron chi connectivity index (χ1n) is 4.28. The zero-order valence-corrected chi connectivity index (χ0v) is 9.60. The fourth-order valence-electron chi connectivity index (χ4n) is 0.966. The first-order chi connectivity index (χ1) is 7.13. The fourth-order valence-corrected chi connectivity index (χ4v) is 1.15. The predicted molar refractivity (Wildman–Crippen MR) is 61.5 cm³/mol. The van der Waals surface area contributed by atoms with Crippen molar-refractivity contribution in [1.29, 1.82) is 0 Å². The molecule has 0 atom stereocenters. The molecule has 15 heavy (non-hydrogen) atoms. The Hall–Kier alpha value is -1.13. The Morgan fingerprint density at radius 1 is 1.40 bits per heavy atom. The molecule has 0 heterocycles. The van der Waals surface area contributed by atoms with Crippen LogP contribution in [0.15, 0.2) is 24.3 Å². The molecule has 0 aliphatic carbocycles. The standard InChI is InChI=1S/C10H9ClO3S/c1-2-13-9(12)7-3-5-8(6-4-7)14-10(11)15/h3-6H,2H2,1H3. The summed E-state index contributed by atoms with van der Waals surface area (Å²) in [5.41, 5.74) is 0.463. The SMILES string of the molecule is CCOC(=O)c1ccc(OC(=S)Cl)cc1. The maximum absolute atomic E-state index is 11.3. The largest absolute Gasteiger partial charge is 0.462 e. The average molecular weight is 245 g/mol. The van der Waals surface area contributed by atoms with Crippen molar-refractivity contribution < 1.29 is 14.3 Å². The molecule has 3 nitrogen and oxygen atoms in total. The highest BCUT2D eigenvalue weighted by Gasteiger charge is 2.06. The topological polar surface area (TPSA) is 35.5 Å². The van der Waals surface area contributed by atoms with E-state index in [0.29, 0.717) is 17.9 Å². The van der Waals surface area contributed by atoms with Gasteiger partial charge >= 0.3 is 5.97 Å². The summed E-state index contributed by atoms with van der Waals surface area (Å²) in [6, 6.07) is 6.37. The number of thiocarbonyl (C=S) groups is 1. The third-order valence-electron chi connectivity index (χ3n) is 1.56. The van der Waals surface area contributed by atoms with E-state index in [-0.39, 0.29) is 10.5 Å². The summed E-state index contributed by atoms with van der Waals surface area (Å²) in [4.78, 5) is 11.3. The van der Waals surface area contributed by atoms with Gasteiger partial charge in [-0.3, -0.25) is 0 Å². The van der Waals surface area contributed by atoms with Gasteiger partial charge < -0.3 is 9.47 Å². The lowest BCUT2D eigenvalue weighted by molar-refractivity contribution is 0.0526. The minimum Gasteiger partial charge on any atom is -0.462 e. The third kappa shape index (κ3) is 3.85. The van der Waals surface area contributed by atoms with Gasteiger partial charge in [-0.15, -0.1) is 0 Å². The number of ether oxygens (including phenoxy) is 2. The van der Waals surface area contributed by atoms with Crippen LogP contribution in [-0.2, 0) is 4.74 Å².